The molecule has 4 nitrogen and oxygen atoms in total. The summed E-state index contributed by atoms with van der Waals surface area (Å²) in [6, 6.07) is 0. The van der Waals surface area contributed by atoms with Gasteiger partial charge in [0, 0.05) is 18.8 Å². The molecule has 0 amide bonds. The summed E-state index contributed by atoms with van der Waals surface area (Å²) >= 11 is 0. The zero-order chi connectivity index (χ0) is 9.14. The average molecular weight is 172 g/mol. The molecule has 0 aliphatic heterocycles. The number of aliphatic hydroxyl groups excluding tert-OH is 1. The van der Waals surface area contributed by atoms with Crippen LogP contribution < -0.4 is 0 Å². The molecule has 2 unspecified atom stereocenters. The molecule has 0 heterocycles. The van der Waals surface area contributed by atoms with Crippen LogP contribution in [0.25, 0.3) is 0 Å². The van der Waals surface area contributed by atoms with E-state index in [4.69, 9.17) is 0 Å². The summed E-state index contributed by atoms with van der Waals surface area (Å²) in [5.74, 6) is -0.761. The molecule has 1 N–H and O–H groups in total. The summed E-state index contributed by atoms with van der Waals surface area (Å²) in [6.07, 6.45) is 0.242. The first-order valence-corrected chi connectivity index (χ1v) is 3.92. The van der Waals surface area contributed by atoms with Crippen molar-refractivity contribution in [2.45, 2.75) is 25.4 Å². The molecule has 1 aliphatic rings. The molecule has 0 saturated heterocycles. The molecule has 0 bridgehead atoms. The number of hydrogen-bond acceptors (Lipinski definition) is 4. The third-order valence-corrected chi connectivity index (χ3v) is 2.17. The van der Waals surface area contributed by atoms with Crippen molar-refractivity contribution in [2.75, 3.05) is 7.11 Å². The highest BCUT2D eigenvalue weighted by Gasteiger charge is 2.32. The van der Waals surface area contributed by atoms with Crippen LogP contribution in [0.2, 0.25) is 0 Å². The Hall–Kier alpha value is -0.900. The van der Waals surface area contributed by atoms with Gasteiger partial charge in [0.1, 0.15) is 5.78 Å². The smallest absolute Gasteiger partial charge is 0.334 e. The van der Waals surface area contributed by atoms with E-state index in [9.17, 15) is 14.7 Å². The van der Waals surface area contributed by atoms with Crippen molar-refractivity contribution in [1.82, 2.24) is 0 Å². The lowest BCUT2D eigenvalue weighted by Crippen LogP contribution is -2.29. The molecule has 0 radical (unpaired) electrons. The van der Waals surface area contributed by atoms with Gasteiger partial charge in [0.2, 0.25) is 0 Å². The van der Waals surface area contributed by atoms with Gasteiger partial charge in [0.25, 0.3) is 0 Å². The van der Waals surface area contributed by atoms with Crippen LogP contribution in [-0.2, 0) is 14.3 Å². The quantitative estimate of drug-likeness (QED) is 0.590. The van der Waals surface area contributed by atoms with E-state index < -0.39 is 12.1 Å². The Morgan fingerprint density at radius 2 is 2.42 bits per heavy atom. The number of carbonyl (C=O) groups excluding carboxylic acids is 2. The van der Waals surface area contributed by atoms with Crippen LogP contribution in [0.5, 0.6) is 0 Å². The standard InChI is InChI=1S/C8H12O4/c1-12-8(11)7(10)5-2-3-6(9)4-5/h5,7,10H,2-4H2,1H3. The molecular formula is C8H12O4. The fourth-order valence-corrected chi connectivity index (χ4v) is 1.43. The summed E-state index contributed by atoms with van der Waals surface area (Å²) in [7, 11) is 1.22. The van der Waals surface area contributed by atoms with Crippen molar-refractivity contribution in [3.8, 4) is 0 Å². The Labute approximate surface area is 70.5 Å². The third-order valence-electron chi connectivity index (χ3n) is 2.17. The van der Waals surface area contributed by atoms with Crippen LogP contribution in [0.15, 0.2) is 0 Å². The van der Waals surface area contributed by atoms with E-state index in [0.717, 1.165) is 0 Å². The number of methoxy groups -OCH3 is 1. The Bertz CT molecular complexity index is 199. The van der Waals surface area contributed by atoms with Crippen LogP contribution in [0.3, 0.4) is 0 Å². The van der Waals surface area contributed by atoms with Gasteiger partial charge in [-0.15, -0.1) is 0 Å². The van der Waals surface area contributed by atoms with E-state index in [1.807, 2.05) is 0 Å². The molecule has 0 aromatic heterocycles. The fourth-order valence-electron chi connectivity index (χ4n) is 1.43. The van der Waals surface area contributed by atoms with Gasteiger partial charge in [-0.25, -0.2) is 4.79 Å². The van der Waals surface area contributed by atoms with E-state index in [0.29, 0.717) is 19.3 Å². The van der Waals surface area contributed by atoms with Crippen LogP contribution in [0.1, 0.15) is 19.3 Å². The molecule has 1 fully saturated rings. The maximum atomic E-state index is 10.8. The number of carbonyl (C=O) groups is 2. The van der Waals surface area contributed by atoms with Crippen LogP contribution in [0.4, 0.5) is 0 Å². The number of hydrogen-bond donors (Lipinski definition) is 1. The molecule has 0 aromatic rings. The molecule has 68 valence electrons. The summed E-state index contributed by atoms with van der Waals surface area (Å²) in [4.78, 5) is 21.6. The molecular weight excluding hydrogens is 160 g/mol. The summed E-state index contributed by atoms with van der Waals surface area (Å²) < 4.78 is 4.36. The van der Waals surface area contributed by atoms with Gasteiger partial charge in [-0.3, -0.25) is 4.79 Å². The summed E-state index contributed by atoms with van der Waals surface area (Å²) in [5.41, 5.74) is 0. The van der Waals surface area contributed by atoms with Crippen molar-refractivity contribution in [1.29, 1.82) is 0 Å². The Morgan fingerprint density at radius 3 is 2.83 bits per heavy atom. The lowest BCUT2D eigenvalue weighted by atomic mass is 10.0. The molecule has 0 aromatic carbocycles. The second-order valence-corrected chi connectivity index (χ2v) is 3.01. The first-order chi connectivity index (χ1) is 5.65. The predicted molar refractivity (Wildman–Crippen MR) is 40.4 cm³/mol. The van der Waals surface area contributed by atoms with Gasteiger partial charge in [-0.2, -0.15) is 0 Å². The number of ketones is 1. The van der Waals surface area contributed by atoms with Gasteiger partial charge in [0.15, 0.2) is 6.10 Å². The van der Waals surface area contributed by atoms with Crippen LogP contribution in [-0.4, -0.2) is 30.1 Å². The van der Waals surface area contributed by atoms with Gasteiger partial charge >= 0.3 is 5.97 Å². The Morgan fingerprint density at radius 1 is 1.75 bits per heavy atom. The number of rotatable bonds is 2. The van der Waals surface area contributed by atoms with Gasteiger partial charge in [-0.05, 0) is 6.42 Å². The largest absolute Gasteiger partial charge is 0.467 e. The Kier molecular flexibility index (Phi) is 2.81. The van der Waals surface area contributed by atoms with E-state index in [-0.39, 0.29) is 11.7 Å². The fraction of sp³-hybridized carbons (Fsp3) is 0.750. The number of ether oxygens (including phenoxy) is 1. The van der Waals surface area contributed by atoms with Gasteiger partial charge in [-0.1, -0.05) is 0 Å². The molecule has 1 rings (SSSR count). The minimum absolute atomic E-state index is 0.114. The van der Waals surface area contributed by atoms with Crippen LogP contribution >= 0.6 is 0 Å². The predicted octanol–water partition coefficient (Wildman–Crippen LogP) is -0.111. The first kappa shape index (κ1) is 9.19. The Balaban J connectivity index is 2.48. The zero-order valence-corrected chi connectivity index (χ0v) is 6.95. The molecule has 12 heavy (non-hydrogen) atoms. The maximum absolute atomic E-state index is 10.8. The minimum atomic E-state index is -1.12. The summed E-state index contributed by atoms with van der Waals surface area (Å²) in [6.45, 7) is 0. The van der Waals surface area contributed by atoms with Crippen molar-refractivity contribution < 1.29 is 19.4 Å². The summed E-state index contributed by atoms with van der Waals surface area (Å²) in [5, 5.41) is 9.31. The molecule has 1 aliphatic carbocycles. The number of Topliss-reactive ketones (excluding diaryl/α,β-unsaturated/α-hetero) is 1. The van der Waals surface area contributed by atoms with Gasteiger partial charge < -0.3 is 9.84 Å². The highest BCUT2D eigenvalue weighted by molar-refractivity contribution is 5.83. The highest BCUT2D eigenvalue weighted by Crippen LogP contribution is 2.25. The third kappa shape index (κ3) is 1.82. The van der Waals surface area contributed by atoms with E-state index in [1.54, 1.807) is 0 Å². The second-order valence-electron chi connectivity index (χ2n) is 3.01. The second kappa shape index (κ2) is 3.67. The molecule has 1 saturated carbocycles. The lowest BCUT2D eigenvalue weighted by molar-refractivity contribution is -0.153. The minimum Gasteiger partial charge on any atom is -0.467 e. The van der Waals surface area contributed by atoms with E-state index in [1.165, 1.54) is 7.11 Å². The van der Waals surface area contributed by atoms with Crippen LogP contribution in [0, 0.1) is 5.92 Å². The lowest BCUT2D eigenvalue weighted by Gasteiger charge is -2.13. The van der Waals surface area contributed by atoms with Crippen molar-refractivity contribution in [3.05, 3.63) is 0 Å². The first-order valence-electron chi connectivity index (χ1n) is 3.92. The van der Waals surface area contributed by atoms with E-state index >= 15 is 0 Å². The molecule has 2 atom stereocenters. The number of esters is 1. The van der Waals surface area contributed by atoms with Crippen molar-refractivity contribution in [2.24, 2.45) is 5.92 Å². The monoisotopic (exact) mass is 172 g/mol. The van der Waals surface area contributed by atoms with Crippen molar-refractivity contribution in [3.63, 3.8) is 0 Å². The zero-order valence-electron chi connectivity index (χ0n) is 6.95. The number of aliphatic hydroxyl groups is 1. The maximum Gasteiger partial charge on any atom is 0.334 e. The highest BCUT2D eigenvalue weighted by atomic mass is 16.5. The van der Waals surface area contributed by atoms with E-state index in [2.05, 4.69) is 4.74 Å². The average Bonchev–Trinajstić information content (AvgIpc) is 2.49. The van der Waals surface area contributed by atoms with Crippen molar-refractivity contribution >= 4 is 11.8 Å². The SMILES string of the molecule is COC(=O)C(O)C1CCC(=O)C1. The topological polar surface area (TPSA) is 63.6 Å². The molecule has 0 spiro atoms. The van der Waals surface area contributed by atoms with Gasteiger partial charge in [0.05, 0.1) is 7.11 Å². The molecule has 4 heteroatoms. The normalized spacial score (nSPS) is 25.5.